The Hall–Kier alpha value is -1.89. The summed E-state index contributed by atoms with van der Waals surface area (Å²) < 4.78 is 0. The summed E-state index contributed by atoms with van der Waals surface area (Å²) in [7, 11) is 0. The molecular weight excluding hydrogens is 498 g/mol. The van der Waals surface area contributed by atoms with Crippen LogP contribution < -0.4 is 4.90 Å². The van der Waals surface area contributed by atoms with Crippen LogP contribution in [0.4, 0.5) is 5.69 Å². The van der Waals surface area contributed by atoms with Gasteiger partial charge in [0, 0.05) is 44.3 Å². The fraction of sp³-hybridized carbons (Fsp3) is 0.735. The zero-order chi connectivity index (χ0) is 27.9. The SMILES string of the molecule is CC(=NOCC(O)CN1CCN(c2ccccc2)CC1)[C@H]1CC[C@H]2[C@@H]3CC=C4CC(O)CC[C@]4(C)[C@H]3CC[C@]12C. The van der Waals surface area contributed by atoms with Crippen LogP contribution in [0.3, 0.4) is 0 Å². The van der Waals surface area contributed by atoms with Crippen LogP contribution in [0.25, 0.3) is 0 Å². The molecule has 6 rings (SSSR count). The third kappa shape index (κ3) is 5.25. The van der Waals surface area contributed by atoms with Gasteiger partial charge in [-0.2, -0.15) is 0 Å². The molecule has 5 aliphatic rings. The second kappa shape index (κ2) is 11.4. The van der Waals surface area contributed by atoms with Crippen LogP contribution in [0.1, 0.15) is 72.1 Å². The van der Waals surface area contributed by atoms with Crippen LogP contribution in [-0.4, -0.2) is 72.4 Å². The van der Waals surface area contributed by atoms with Crippen molar-refractivity contribution in [2.45, 2.75) is 84.3 Å². The molecule has 0 amide bonds. The number of fused-ring (bicyclic) bond motifs is 5. The van der Waals surface area contributed by atoms with Crippen molar-refractivity contribution in [1.29, 1.82) is 0 Å². The van der Waals surface area contributed by atoms with Crippen LogP contribution in [-0.2, 0) is 4.84 Å². The van der Waals surface area contributed by atoms with Gasteiger partial charge in [0.2, 0.25) is 0 Å². The predicted molar refractivity (Wildman–Crippen MR) is 161 cm³/mol. The van der Waals surface area contributed by atoms with Crippen molar-refractivity contribution in [3.63, 3.8) is 0 Å². The molecule has 0 radical (unpaired) electrons. The first kappa shape index (κ1) is 28.2. The lowest BCUT2D eigenvalue weighted by molar-refractivity contribution is -0.0429. The molecule has 2 N–H and O–H groups in total. The molecule has 1 aliphatic heterocycles. The summed E-state index contributed by atoms with van der Waals surface area (Å²) in [6, 6.07) is 10.6. The van der Waals surface area contributed by atoms with Gasteiger partial charge in [-0.15, -0.1) is 0 Å². The van der Waals surface area contributed by atoms with E-state index in [9.17, 15) is 10.2 Å². The average Bonchev–Trinajstić information content (AvgIpc) is 3.31. The first-order valence-electron chi connectivity index (χ1n) is 16.0. The molecular formula is C34H51N3O3. The molecule has 1 aromatic carbocycles. The molecule has 40 heavy (non-hydrogen) atoms. The van der Waals surface area contributed by atoms with Gasteiger partial charge >= 0.3 is 0 Å². The minimum Gasteiger partial charge on any atom is -0.393 e. The third-order valence-electron chi connectivity index (χ3n) is 12.0. The molecule has 4 aliphatic carbocycles. The highest BCUT2D eigenvalue weighted by atomic mass is 16.6. The molecule has 0 bridgehead atoms. The monoisotopic (exact) mass is 549 g/mol. The van der Waals surface area contributed by atoms with Crippen molar-refractivity contribution in [2.75, 3.05) is 44.2 Å². The van der Waals surface area contributed by atoms with Gasteiger partial charge < -0.3 is 20.0 Å². The van der Waals surface area contributed by atoms with Crippen molar-refractivity contribution in [1.82, 2.24) is 4.90 Å². The van der Waals surface area contributed by atoms with Crippen molar-refractivity contribution in [3.05, 3.63) is 42.0 Å². The lowest BCUT2D eigenvalue weighted by Crippen LogP contribution is -2.50. The summed E-state index contributed by atoms with van der Waals surface area (Å²) in [5, 5.41) is 25.6. The summed E-state index contributed by atoms with van der Waals surface area (Å²) in [6.45, 7) is 11.9. The Kier molecular flexibility index (Phi) is 8.06. The summed E-state index contributed by atoms with van der Waals surface area (Å²) in [5.74, 6) is 2.72. The van der Waals surface area contributed by atoms with Gasteiger partial charge in [0.05, 0.1) is 11.8 Å². The van der Waals surface area contributed by atoms with E-state index in [0.29, 0.717) is 12.5 Å². The van der Waals surface area contributed by atoms with Crippen molar-refractivity contribution >= 4 is 11.4 Å². The summed E-state index contributed by atoms with van der Waals surface area (Å²) in [4.78, 5) is 10.5. The topological polar surface area (TPSA) is 68.5 Å². The van der Waals surface area contributed by atoms with Gasteiger partial charge in [0.25, 0.3) is 0 Å². The van der Waals surface area contributed by atoms with Gasteiger partial charge in [-0.3, -0.25) is 4.90 Å². The first-order valence-corrected chi connectivity index (χ1v) is 16.0. The summed E-state index contributed by atoms with van der Waals surface area (Å²) >= 11 is 0. The minimum atomic E-state index is -0.528. The van der Waals surface area contributed by atoms with Crippen LogP contribution in [0.2, 0.25) is 0 Å². The van der Waals surface area contributed by atoms with E-state index in [1.807, 2.05) is 0 Å². The van der Waals surface area contributed by atoms with Crippen molar-refractivity contribution < 1.29 is 15.1 Å². The Balaban J connectivity index is 1.00. The molecule has 220 valence electrons. The van der Waals surface area contributed by atoms with Crippen LogP contribution in [0, 0.1) is 34.5 Å². The van der Waals surface area contributed by atoms with E-state index in [2.05, 4.69) is 72.1 Å². The number of benzene rings is 1. The van der Waals surface area contributed by atoms with E-state index in [-0.39, 0.29) is 23.5 Å². The number of anilines is 1. The molecule has 0 spiro atoms. The molecule has 1 saturated heterocycles. The number of para-hydroxylation sites is 1. The van der Waals surface area contributed by atoms with Crippen LogP contribution in [0.5, 0.6) is 0 Å². The van der Waals surface area contributed by atoms with E-state index in [1.165, 1.54) is 37.8 Å². The lowest BCUT2D eigenvalue weighted by atomic mass is 9.47. The number of β-amino-alcohol motifs (C(OH)–C–C–N with tert-alkyl or cyclic N) is 1. The van der Waals surface area contributed by atoms with Gasteiger partial charge in [0.15, 0.2) is 0 Å². The fourth-order valence-electron chi connectivity index (χ4n) is 9.79. The maximum Gasteiger partial charge on any atom is 0.144 e. The standard InChI is InChI=1S/C34H51N3O3/c1-24(35-40-23-28(39)22-36-17-19-37(20-18-36)26-7-5-4-6-8-26)30-11-12-31-29-10-9-25-21-27(38)13-15-33(25,2)32(29)14-16-34(30,31)3/h4-9,27-32,38-39H,10-23H2,1-3H3/t27?,28?,29-,30+,31-,32-,33-,34+/m0/s1. The normalized spacial score (nSPS) is 39.1. The zero-order valence-corrected chi connectivity index (χ0v) is 25.0. The number of aliphatic hydroxyl groups excluding tert-OH is 2. The number of allylic oxidation sites excluding steroid dienone is 1. The quantitative estimate of drug-likeness (QED) is 0.267. The molecule has 2 unspecified atom stereocenters. The van der Waals surface area contributed by atoms with Crippen LogP contribution >= 0.6 is 0 Å². The molecule has 0 aromatic heterocycles. The largest absolute Gasteiger partial charge is 0.393 e. The van der Waals surface area contributed by atoms with Gasteiger partial charge in [-0.25, -0.2) is 0 Å². The van der Waals surface area contributed by atoms with E-state index in [4.69, 9.17) is 4.84 Å². The van der Waals surface area contributed by atoms with Crippen molar-refractivity contribution in [2.24, 2.45) is 39.7 Å². The molecule has 6 nitrogen and oxygen atoms in total. The second-order valence-electron chi connectivity index (χ2n) is 14.1. The van der Waals surface area contributed by atoms with E-state index in [0.717, 1.165) is 68.9 Å². The van der Waals surface area contributed by atoms with Crippen molar-refractivity contribution in [3.8, 4) is 0 Å². The molecule has 3 saturated carbocycles. The Labute approximate surface area is 241 Å². The number of hydrogen-bond acceptors (Lipinski definition) is 6. The molecule has 6 heteroatoms. The molecule has 1 heterocycles. The fourth-order valence-corrected chi connectivity index (χ4v) is 9.79. The minimum absolute atomic E-state index is 0.136. The smallest absolute Gasteiger partial charge is 0.144 e. The third-order valence-corrected chi connectivity index (χ3v) is 12.0. The Morgan fingerprint density at radius 2 is 1.80 bits per heavy atom. The number of oxime groups is 1. The van der Waals surface area contributed by atoms with E-state index < -0.39 is 6.10 Å². The van der Waals surface area contributed by atoms with E-state index in [1.54, 1.807) is 5.57 Å². The average molecular weight is 550 g/mol. The van der Waals surface area contributed by atoms with E-state index >= 15 is 0 Å². The van der Waals surface area contributed by atoms with Crippen LogP contribution in [0.15, 0.2) is 47.1 Å². The first-order chi connectivity index (χ1) is 19.3. The lowest BCUT2D eigenvalue weighted by Gasteiger charge is -2.58. The highest BCUT2D eigenvalue weighted by Crippen LogP contribution is 2.66. The van der Waals surface area contributed by atoms with Gasteiger partial charge in [-0.05, 0) is 99.0 Å². The summed E-state index contributed by atoms with van der Waals surface area (Å²) in [6.07, 6.45) is 11.1. The zero-order valence-electron chi connectivity index (χ0n) is 25.0. The maximum atomic E-state index is 10.7. The highest BCUT2D eigenvalue weighted by Gasteiger charge is 2.59. The van der Waals surface area contributed by atoms with Gasteiger partial charge in [-0.1, -0.05) is 48.9 Å². The number of rotatable bonds is 7. The summed E-state index contributed by atoms with van der Waals surface area (Å²) in [5.41, 5.74) is 4.52. The molecule has 1 aromatic rings. The van der Waals surface area contributed by atoms with Gasteiger partial charge in [0.1, 0.15) is 12.7 Å². The molecule has 8 atom stereocenters. The predicted octanol–water partition coefficient (Wildman–Crippen LogP) is 5.50. The Morgan fingerprint density at radius 3 is 2.58 bits per heavy atom. The highest BCUT2D eigenvalue weighted by molar-refractivity contribution is 5.85. The maximum absolute atomic E-state index is 10.7. The number of nitrogens with zero attached hydrogens (tertiary/aromatic N) is 3. The number of aliphatic hydroxyl groups is 2. The Bertz CT molecular complexity index is 1080. The Morgan fingerprint density at radius 1 is 1.02 bits per heavy atom. The number of hydrogen-bond donors (Lipinski definition) is 2. The second-order valence-corrected chi connectivity index (χ2v) is 14.1. The number of piperazine rings is 1. The molecule has 4 fully saturated rings.